The molecule has 1 aliphatic rings. The van der Waals surface area contributed by atoms with E-state index in [2.05, 4.69) is 5.32 Å². The van der Waals surface area contributed by atoms with Gasteiger partial charge in [-0.1, -0.05) is 18.2 Å². The molecule has 0 aliphatic carbocycles. The zero-order chi connectivity index (χ0) is 14.4. The molecule has 1 fully saturated rings. The number of urea groups is 1. The van der Waals surface area contributed by atoms with Gasteiger partial charge in [0.1, 0.15) is 0 Å². The average molecular weight is 294 g/mol. The van der Waals surface area contributed by atoms with Gasteiger partial charge in [0, 0.05) is 18.0 Å². The van der Waals surface area contributed by atoms with Crippen molar-refractivity contribution in [2.75, 3.05) is 25.4 Å². The lowest BCUT2D eigenvalue weighted by Crippen LogP contribution is -2.37. The molecule has 106 valence electrons. The van der Waals surface area contributed by atoms with E-state index in [0.29, 0.717) is 13.1 Å². The second-order valence-electron chi connectivity index (χ2n) is 4.04. The maximum atomic E-state index is 11.6. The van der Waals surface area contributed by atoms with Crippen molar-refractivity contribution in [1.82, 2.24) is 10.2 Å². The van der Waals surface area contributed by atoms with Crippen molar-refractivity contribution in [2.45, 2.75) is 4.90 Å². The number of hydrogen-bond acceptors (Lipinski definition) is 5. The van der Waals surface area contributed by atoms with Gasteiger partial charge in [0.15, 0.2) is 6.61 Å². The van der Waals surface area contributed by atoms with Crippen LogP contribution in [-0.4, -0.2) is 48.3 Å². The molecular weight excluding hydrogens is 280 g/mol. The smallest absolute Gasteiger partial charge is 0.324 e. The van der Waals surface area contributed by atoms with E-state index < -0.39 is 24.5 Å². The van der Waals surface area contributed by atoms with Gasteiger partial charge in [0.2, 0.25) is 0 Å². The van der Waals surface area contributed by atoms with Crippen LogP contribution in [0.25, 0.3) is 0 Å². The highest BCUT2D eigenvalue weighted by Gasteiger charge is 2.26. The second-order valence-corrected chi connectivity index (χ2v) is 5.09. The largest absolute Gasteiger partial charge is 0.455 e. The minimum absolute atomic E-state index is 0.128. The Morgan fingerprint density at radius 2 is 2.05 bits per heavy atom. The Bertz CT molecular complexity index is 506. The van der Waals surface area contributed by atoms with E-state index in [4.69, 9.17) is 4.74 Å². The third-order valence-corrected chi connectivity index (χ3v) is 3.60. The summed E-state index contributed by atoms with van der Waals surface area (Å²) in [6.07, 6.45) is 0. The van der Waals surface area contributed by atoms with Crippen LogP contribution in [0.3, 0.4) is 0 Å². The molecule has 0 radical (unpaired) electrons. The van der Waals surface area contributed by atoms with Crippen molar-refractivity contribution in [3.63, 3.8) is 0 Å². The molecule has 0 aromatic heterocycles. The van der Waals surface area contributed by atoms with Crippen LogP contribution in [0.5, 0.6) is 0 Å². The normalized spacial score (nSPS) is 14.0. The maximum Gasteiger partial charge on any atom is 0.324 e. The predicted molar refractivity (Wildman–Crippen MR) is 73.2 cm³/mol. The molecule has 0 atom stereocenters. The summed E-state index contributed by atoms with van der Waals surface area (Å²) in [6, 6.07) is 8.98. The Kier molecular flexibility index (Phi) is 5.00. The second kappa shape index (κ2) is 6.95. The minimum Gasteiger partial charge on any atom is -0.455 e. The van der Waals surface area contributed by atoms with Crippen LogP contribution in [0.15, 0.2) is 35.2 Å². The lowest BCUT2D eigenvalue weighted by Gasteiger charge is -2.11. The third kappa shape index (κ3) is 3.99. The number of hydrogen-bond donors (Lipinski definition) is 1. The standard InChI is InChI=1S/C13H14N2O4S/c16-11(15-7-6-14-13(15)18)8-19-12(17)9-20-10-4-2-1-3-5-10/h1-5H,6-9H2,(H,14,18). The Morgan fingerprint density at radius 3 is 2.70 bits per heavy atom. The Hall–Kier alpha value is -2.02. The zero-order valence-corrected chi connectivity index (χ0v) is 11.5. The van der Waals surface area contributed by atoms with Gasteiger partial charge >= 0.3 is 12.0 Å². The van der Waals surface area contributed by atoms with Gasteiger partial charge in [-0.2, -0.15) is 0 Å². The Morgan fingerprint density at radius 1 is 1.30 bits per heavy atom. The fraction of sp³-hybridized carbons (Fsp3) is 0.308. The third-order valence-electron chi connectivity index (χ3n) is 2.61. The van der Waals surface area contributed by atoms with E-state index in [0.717, 1.165) is 9.80 Å². The number of carbonyl (C=O) groups is 3. The zero-order valence-electron chi connectivity index (χ0n) is 10.7. The molecule has 1 N–H and O–H groups in total. The van der Waals surface area contributed by atoms with E-state index in [9.17, 15) is 14.4 Å². The fourth-order valence-electron chi connectivity index (χ4n) is 1.63. The molecule has 1 aromatic rings. The monoisotopic (exact) mass is 294 g/mol. The highest BCUT2D eigenvalue weighted by atomic mass is 32.2. The van der Waals surface area contributed by atoms with Gasteiger partial charge in [-0.25, -0.2) is 4.79 Å². The molecule has 20 heavy (non-hydrogen) atoms. The number of esters is 1. The number of thioether (sulfide) groups is 1. The highest BCUT2D eigenvalue weighted by molar-refractivity contribution is 8.00. The highest BCUT2D eigenvalue weighted by Crippen LogP contribution is 2.16. The summed E-state index contributed by atoms with van der Waals surface area (Å²) in [5.41, 5.74) is 0. The van der Waals surface area contributed by atoms with Crippen molar-refractivity contribution in [3.05, 3.63) is 30.3 Å². The van der Waals surface area contributed by atoms with Gasteiger partial charge in [-0.3, -0.25) is 14.5 Å². The Labute approximate surface area is 120 Å². The molecule has 1 heterocycles. The van der Waals surface area contributed by atoms with Crippen LogP contribution in [0.4, 0.5) is 4.79 Å². The first-order valence-corrected chi connectivity index (χ1v) is 7.07. The van der Waals surface area contributed by atoms with Crippen LogP contribution in [0.1, 0.15) is 0 Å². The molecule has 2 rings (SSSR count). The molecule has 6 nitrogen and oxygen atoms in total. The number of nitrogens with one attached hydrogen (secondary N) is 1. The average Bonchev–Trinajstić information content (AvgIpc) is 2.90. The number of imide groups is 1. The number of amides is 3. The quantitative estimate of drug-likeness (QED) is 0.644. The van der Waals surface area contributed by atoms with Crippen molar-refractivity contribution in [3.8, 4) is 0 Å². The molecule has 0 spiro atoms. The molecular formula is C13H14N2O4S. The van der Waals surface area contributed by atoms with Gasteiger partial charge in [0.25, 0.3) is 5.91 Å². The van der Waals surface area contributed by atoms with E-state index in [1.54, 1.807) is 0 Å². The summed E-state index contributed by atoms with van der Waals surface area (Å²) in [5, 5.41) is 2.51. The van der Waals surface area contributed by atoms with Crippen molar-refractivity contribution in [1.29, 1.82) is 0 Å². The molecule has 0 saturated carbocycles. The van der Waals surface area contributed by atoms with Crippen LogP contribution < -0.4 is 5.32 Å². The van der Waals surface area contributed by atoms with Crippen molar-refractivity contribution < 1.29 is 19.1 Å². The molecule has 1 aromatic carbocycles. The summed E-state index contributed by atoms with van der Waals surface area (Å²) >= 11 is 1.33. The minimum atomic E-state index is -0.502. The van der Waals surface area contributed by atoms with Crippen molar-refractivity contribution >= 4 is 29.7 Å². The summed E-state index contributed by atoms with van der Waals surface area (Å²) in [6.45, 7) is 0.345. The van der Waals surface area contributed by atoms with Gasteiger partial charge in [-0.05, 0) is 12.1 Å². The molecule has 7 heteroatoms. The summed E-state index contributed by atoms with van der Waals surface area (Å²) in [7, 11) is 0. The summed E-state index contributed by atoms with van der Waals surface area (Å²) < 4.78 is 4.86. The van der Waals surface area contributed by atoms with Gasteiger partial charge in [0.05, 0.1) is 5.75 Å². The van der Waals surface area contributed by atoms with Crippen LogP contribution in [0.2, 0.25) is 0 Å². The molecule has 1 aliphatic heterocycles. The topological polar surface area (TPSA) is 75.7 Å². The fourth-order valence-corrected chi connectivity index (χ4v) is 2.35. The molecule has 0 unspecified atom stereocenters. The van der Waals surface area contributed by atoms with E-state index >= 15 is 0 Å². The lowest BCUT2D eigenvalue weighted by molar-refractivity contribution is -0.148. The number of nitrogens with zero attached hydrogens (tertiary/aromatic N) is 1. The van der Waals surface area contributed by atoms with Crippen LogP contribution in [0, 0.1) is 0 Å². The summed E-state index contributed by atoms with van der Waals surface area (Å²) in [4.78, 5) is 36.3. The molecule has 0 bridgehead atoms. The lowest BCUT2D eigenvalue weighted by atomic mass is 10.4. The van der Waals surface area contributed by atoms with E-state index in [-0.39, 0.29) is 5.75 Å². The molecule has 3 amide bonds. The number of rotatable bonds is 5. The molecule has 1 saturated heterocycles. The first-order valence-electron chi connectivity index (χ1n) is 6.08. The number of ether oxygens (including phenoxy) is 1. The van der Waals surface area contributed by atoms with E-state index in [1.807, 2.05) is 30.3 Å². The first-order chi connectivity index (χ1) is 9.66. The SMILES string of the molecule is O=C(CSc1ccccc1)OCC(=O)N1CCNC1=O. The number of benzene rings is 1. The first kappa shape index (κ1) is 14.4. The summed E-state index contributed by atoms with van der Waals surface area (Å²) in [5.74, 6) is -0.853. The number of carbonyl (C=O) groups excluding carboxylic acids is 3. The van der Waals surface area contributed by atoms with Crippen LogP contribution in [-0.2, 0) is 14.3 Å². The Balaban J connectivity index is 1.70. The van der Waals surface area contributed by atoms with E-state index in [1.165, 1.54) is 11.8 Å². The van der Waals surface area contributed by atoms with Gasteiger partial charge < -0.3 is 10.1 Å². The van der Waals surface area contributed by atoms with Gasteiger partial charge in [-0.15, -0.1) is 11.8 Å². The van der Waals surface area contributed by atoms with Crippen LogP contribution >= 0.6 is 11.8 Å². The van der Waals surface area contributed by atoms with Crippen molar-refractivity contribution in [2.24, 2.45) is 0 Å². The predicted octanol–water partition coefficient (Wildman–Crippen LogP) is 0.874. The maximum absolute atomic E-state index is 11.6.